The first kappa shape index (κ1) is 42.7. The number of piperidine rings is 2. The number of fused-ring (bicyclic) bond motifs is 2. The minimum absolute atomic E-state index is 0.204. The molecule has 4 fully saturated rings. The molecule has 0 bridgehead atoms. The zero-order valence-corrected chi connectivity index (χ0v) is 35.6. The standard InChI is InChI=1S/C45H53F3N10O5/c1-53(31-15-17-55(18-16-31)26-29-5-3-7-36-41(29)54(2)44(62)58(36)37-13-14-40(59)51-43(37)61)25-28-9-11-32(12-10-28)57-27-30-23-35(38(24-34(30)52-57)56-19-21-63-22-20-56)50-42(60)33-6-4-8-39(49-33)45(46,47)48/h3-8,23-24,27-28,31-32,37H,9-22,25-26H2,1-2H3,(H,50,60)(H,51,59,61)/t28-,32-,37?. The second-order valence-corrected chi connectivity index (χ2v) is 17.6. The number of para-hydroxylation sites is 1. The number of imide groups is 1. The smallest absolute Gasteiger partial charge is 0.378 e. The highest BCUT2D eigenvalue weighted by atomic mass is 19.4. The fourth-order valence-corrected chi connectivity index (χ4v) is 10.1. The molecular weight excluding hydrogens is 818 g/mol. The van der Waals surface area contributed by atoms with Gasteiger partial charge in [-0.1, -0.05) is 18.2 Å². The molecule has 1 atom stereocenters. The first-order valence-electron chi connectivity index (χ1n) is 22.0. The molecule has 0 spiro atoms. The van der Waals surface area contributed by atoms with Gasteiger partial charge in [-0.25, -0.2) is 9.78 Å². The van der Waals surface area contributed by atoms with Crippen LogP contribution in [0.25, 0.3) is 21.9 Å². The molecule has 6 heterocycles. The number of likely N-dealkylation sites (tertiary alicyclic amines) is 1. The number of pyridine rings is 1. The minimum atomic E-state index is -4.67. The maximum Gasteiger partial charge on any atom is 0.433 e. The summed E-state index contributed by atoms with van der Waals surface area (Å²) in [6.45, 7) is 5.83. The van der Waals surface area contributed by atoms with Crippen LogP contribution in [0.5, 0.6) is 0 Å². The van der Waals surface area contributed by atoms with E-state index in [1.165, 1.54) is 12.1 Å². The van der Waals surface area contributed by atoms with E-state index in [-0.39, 0.29) is 29.8 Å². The lowest BCUT2D eigenvalue weighted by Crippen LogP contribution is -2.44. The monoisotopic (exact) mass is 870 g/mol. The molecule has 9 rings (SSSR count). The maximum atomic E-state index is 13.4. The Kier molecular flexibility index (Phi) is 11.9. The third-order valence-corrected chi connectivity index (χ3v) is 13.5. The highest BCUT2D eigenvalue weighted by Gasteiger charge is 2.35. The van der Waals surface area contributed by atoms with Gasteiger partial charge in [0, 0.05) is 57.3 Å². The molecule has 1 saturated carbocycles. The van der Waals surface area contributed by atoms with Crippen molar-refractivity contribution in [2.75, 3.05) is 63.2 Å². The van der Waals surface area contributed by atoms with Crippen LogP contribution in [0.4, 0.5) is 24.5 Å². The van der Waals surface area contributed by atoms with Crippen LogP contribution in [0.1, 0.15) is 85.2 Å². The number of nitrogens with one attached hydrogen (secondary N) is 2. The molecule has 15 nitrogen and oxygen atoms in total. The Bertz CT molecular complexity index is 2580. The Balaban J connectivity index is 0.805. The number of halogens is 3. The Morgan fingerprint density at radius 2 is 1.70 bits per heavy atom. The molecule has 63 heavy (non-hydrogen) atoms. The summed E-state index contributed by atoms with van der Waals surface area (Å²) in [5.41, 5.74) is 2.89. The Morgan fingerprint density at radius 3 is 2.43 bits per heavy atom. The van der Waals surface area contributed by atoms with Crippen LogP contribution in [-0.2, 0) is 34.1 Å². The van der Waals surface area contributed by atoms with Crippen LogP contribution >= 0.6 is 0 Å². The predicted molar refractivity (Wildman–Crippen MR) is 230 cm³/mol. The van der Waals surface area contributed by atoms with Crippen molar-refractivity contribution in [2.45, 2.75) is 82.2 Å². The van der Waals surface area contributed by atoms with Crippen molar-refractivity contribution in [3.8, 4) is 0 Å². The molecular formula is C45H53F3N10O5. The molecule has 5 aromatic rings. The van der Waals surface area contributed by atoms with E-state index in [9.17, 15) is 32.3 Å². The van der Waals surface area contributed by atoms with E-state index >= 15 is 0 Å². The zero-order chi connectivity index (χ0) is 44.0. The Labute approximate surface area is 362 Å². The number of aryl methyl sites for hydroxylation is 1. The van der Waals surface area contributed by atoms with Crippen molar-refractivity contribution < 1.29 is 32.3 Å². The molecule has 0 radical (unpaired) electrons. The van der Waals surface area contributed by atoms with Crippen molar-refractivity contribution >= 4 is 51.0 Å². The number of rotatable bonds is 10. The van der Waals surface area contributed by atoms with Crippen LogP contribution in [0.2, 0.25) is 0 Å². The molecule has 1 unspecified atom stereocenters. The molecule has 3 amide bonds. The number of nitrogens with zero attached hydrogens (tertiary/aromatic N) is 8. The number of imidazole rings is 1. The molecule has 18 heteroatoms. The number of carbonyl (C=O) groups excluding carboxylic acids is 3. The summed E-state index contributed by atoms with van der Waals surface area (Å²) in [5.74, 6) is -0.894. The number of carbonyl (C=O) groups is 3. The lowest BCUT2D eigenvalue weighted by molar-refractivity contribution is -0.141. The first-order valence-corrected chi connectivity index (χ1v) is 22.0. The fraction of sp³-hybridized carbons (Fsp3) is 0.511. The van der Waals surface area contributed by atoms with Gasteiger partial charge in [-0.2, -0.15) is 18.3 Å². The van der Waals surface area contributed by atoms with Gasteiger partial charge in [0.25, 0.3) is 5.91 Å². The number of alkyl halides is 3. The third kappa shape index (κ3) is 8.84. The van der Waals surface area contributed by atoms with E-state index in [0.717, 1.165) is 91.9 Å². The van der Waals surface area contributed by atoms with Gasteiger partial charge in [0.1, 0.15) is 17.4 Å². The number of anilines is 2. The van der Waals surface area contributed by atoms with Crippen molar-refractivity contribution in [1.29, 1.82) is 0 Å². The summed E-state index contributed by atoms with van der Waals surface area (Å²) in [7, 11) is 3.99. The SMILES string of the molecule is CN(C[C@H]1CC[C@H](n2cc3cc(NC(=O)c4cccc(C(F)(F)F)n4)c(N4CCOCC4)cc3n2)CC1)C1CCN(Cc2cccc3c2n(C)c(=O)n3C2CCC(=O)NC2=O)CC1. The van der Waals surface area contributed by atoms with Gasteiger partial charge in [0.05, 0.1) is 47.2 Å². The van der Waals surface area contributed by atoms with Crippen molar-refractivity contribution in [1.82, 2.24) is 39.0 Å². The van der Waals surface area contributed by atoms with Gasteiger partial charge in [0.15, 0.2) is 0 Å². The molecule has 334 valence electrons. The molecule has 3 saturated heterocycles. The van der Waals surface area contributed by atoms with Crippen LogP contribution in [0.15, 0.2) is 59.5 Å². The highest BCUT2D eigenvalue weighted by Crippen LogP contribution is 2.37. The lowest BCUT2D eigenvalue weighted by atomic mass is 9.85. The normalized spacial score (nSPS) is 22.0. The summed E-state index contributed by atoms with van der Waals surface area (Å²) in [6, 6.07) is 13.0. The topological polar surface area (TPSA) is 152 Å². The van der Waals surface area contributed by atoms with E-state index in [2.05, 4.69) is 43.4 Å². The van der Waals surface area contributed by atoms with E-state index in [0.29, 0.717) is 62.4 Å². The van der Waals surface area contributed by atoms with E-state index in [1.54, 1.807) is 16.2 Å². The summed E-state index contributed by atoms with van der Waals surface area (Å²) in [4.78, 5) is 61.9. The average molecular weight is 871 g/mol. The lowest BCUT2D eigenvalue weighted by Gasteiger charge is -2.39. The number of hydrogen-bond donors (Lipinski definition) is 2. The van der Waals surface area contributed by atoms with Crippen molar-refractivity contribution in [2.24, 2.45) is 13.0 Å². The van der Waals surface area contributed by atoms with E-state index in [4.69, 9.17) is 9.84 Å². The van der Waals surface area contributed by atoms with Crippen LogP contribution < -0.4 is 21.2 Å². The quantitative estimate of drug-likeness (QED) is 0.172. The minimum Gasteiger partial charge on any atom is -0.378 e. The van der Waals surface area contributed by atoms with E-state index < -0.39 is 29.7 Å². The number of hydrogen-bond acceptors (Lipinski definition) is 10. The second kappa shape index (κ2) is 17.5. The second-order valence-electron chi connectivity index (χ2n) is 17.6. The molecule has 3 aliphatic heterocycles. The van der Waals surface area contributed by atoms with E-state index in [1.807, 2.05) is 35.1 Å². The van der Waals surface area contributed by atoms with Crippen molar-refractivity contribution in [3.05, 3.63) is 82.2 Å². The maximum absolute atomic E-state index is 13.4. The number of aromatic nitrogens is 5. The molecule has 2 aromatic carbocycles. The van der Waals surface area contributed by atoms with Gasteiger partial charge in [0.2, 0.25) is 11.8 Å². The zero-order valence-electron chi connectivity index (χ0n) is 35.6. The molecule has 2 N–H and O–H groups in total. The number of ether oxygens (including phenoxy) is 1. The first-order chi connectivity index (χ1) is 30.3. The summed E-state index contributed by atoms with van der Waals surface area (Å²) < 4.78 is 50.9. The molecule has 1 aliphatic carbocycles. The number of benzene rings is 2. The molecule has 4 aliphatic rings. The van der Waals surface area contributed by atoms with Crippen LogP contribution in [0, 0.1) is 5.92 Å². The van der Waals surface area contributed by atoms with Gasteiger partial charge in [-0.15, -0.1) is 0 Å². The Hall–Kier alpha value is -5.59. The number of amides is 3. The summed E-state index contributed by atoms with van der Waals surface area (Å²) in [6.07, 6.45) is 4.08. The van der Waals surface area contributed by atoms with Crippen LogP contribution in [-0.4, -0.2) is 110 Å². The van der Waals surface area contributed by atoms with Gasteiger partial charge < -0.3 is 19.9 Å². The molecule has 3 aromatic heterocycles. The van der Waals surface area contributed by atoms with Gasteiger partial charge >= 0.3 is 11.9 Å². The van der Waals surface area contributed by atoms with Gasteiger partial charge in [-0.3, -0.25) is 38.4 Å². The summed E-state index contributed by atoms with van der Waals surface area (Å²) in [5, 5.41) is 11.1. The highest BCUT2D eigenvalue weighted by molar-refractivity contribution is 6.06. The number of morpholine rings is 1. The average Bonchev–Trinajstić information content (AvgIpc) is 3.81. The third-order valence-electron chi connectivity index (χ3n) is 13.5. The largest absolute Gasteiger partial charge is 0.433 e. The van der Waals surface area contributed by atoms with Gasteiger partial charge in [-0.05, 0) is 107 Å². The summed E-state index contributed by atoms with van der Waals surface area (Å²) >= 11 is 0. The Morgan fingerprint density at radius 1 is 0.952 bits per heavy atom. The van der Waals surface area contributed by atoms with Crippen molar-refractivity contribution in [3.63, 3.8) is 0 Å². The predicted octanol–water partition coefficient (Wildman–Crippen LogP) is 5.50. The fourth-order valence-electron chi connectivity index (χ4n) is 10.1. The van der Waals surface area contributed by atoms with Crippen LogP contribution in [0.3, 0.4) is 0 Å².